The summed E-state index contributed by atoms with van der Waals surface area (Å²) in [6, 6.07) is 7.47. The molecule has 1 unspecified atom stereocenters. The number of Topliss-reactive ketones (excluding diaryl/α,β-unsaturated/α-hetero) is 1. The molecule has 1 aliphatic rings. The van der Waals surface area contributed by atoms with E-state index in [0.29, 0.717) is 36.4 Å². The van der Waals surface area contributed by atoms with Crippen LogP contribution in [-0.2, 0) is 21.2 Å². The van der Waals surface area contributed by atoms with Gasteiger partial charge in [-0.2, -0.15) is 9.97 Å². The van der Waals surface area contributed by atoms with E-state index in [1.807, 2.05) is 24.3 Å². The number of ketones is 1. The van der Waals surface area contributed by atoms with Gasteiger partial charge < -0.3 is 9.88 Å². The van der Waals surface area contributed by atoms with Crippen molar-refractivity contribution in [1.29, 1.82) is 0 Å². The third kappa shape index (κ3) is 3.79. The zero-order valence-corrected chi connectivity index (χ0v) is 18.4. The standard InChI is InChI=1S/C20H20N6O3S2/c1-31(28,29)20-24-18(21-10-16-23-12-6-2-5-9-15(12)30-16)17-19(25-20)26(11-22-17)13-7-3-4-8-14(13)27/h2,5-6,9,11,13H,3-4,7-8,10H2,1H3,(H,21,24,25). The minimum Gasteiger partial charge on any atom is -0.362 e. The molecule has 0 amide bonds. The quantitative estimate of drug-likeness (QED) is 0.455. The van der Waals surface area contributed by atoms with Crippen molar-refractivity contribution in [2.24, 2.45) is 0 Å². The fourth-order valence-electron chi connectivity index (χ4n) is 3.83. The number of hydrogen-bond donors (Lipinski definition) is 1. The normalized spacial score (nSPS) is 17.5. The van der Waals surface area contributed by atoms with Crippen molar-refractivity contribution >= 4 is 54.2 Å². The van der Waals surface area contributed by atoms with E-state index in [2.05, 4.69) is 25.3 Å². The van der Waals surface area contributed by atoms with Crippen molar-refractivity contribution in [2.75, 3.05) is 11.6 Å². The van der Waals surface area contributed by atoms with Gasteiger partial charge in [0, 0.05) is 12.7 Å². The van der Waals surface area contributed by atoms with Gasteiger partial charge in [0.15, 0.2) is 22.8 Å². The Morgan fingerprint density at radius 2 is 2.03 bits per heavy atom. The number of hydrogen-bond acceptors (Lipinski definition) is 9. The lowest BCUT2D eigenvalue weighted by Gasteiger charge is -2.22. The third-order valence-electron chi connectivity index (χ3n) is 5.34. The topological polar surface area (TPSA) is 120 Å². The second-order valence-corrected chi connectivity index (χ2v) is 10.6. The van der Waals surface area contributed by atoms with Gasteiger partial charge in [-0.25, -0.2) is 18.4 Å². The molecular weight excluding hydrogens is 436 g/mol. The molecule has 11 heteroatoms. The predicted octanol–water partition coefficient (Wildman–Crippen LogP) is 3.14. The monoisotopic (exact) mass is 456 g/mol. The van der Waals surface area contributed by atoms with E-state index in [1.54, 1.807) is 22.2 Å². The Labute approximate surface area is 182 Å². The van der Waals surface area contributed by atoms with Crippen LogP contribution in [0.3, 0.4) is 0 Å². The first-order chi connectivity index (χ1) is 14.9. The van der Waals surface area contributed by atoms with E-state index < -0.39 is 9.84 Å². The van der Waals surface area contributed by atoms with Crippen LogP contribution >= 0.6 is 11.3 Å². The van der Waals surface area contributed by atoms with Gasteiger partial charge in [0.1, 0.15) is 5.01 Å². The maximum Gasteiger partial charge on any atom is 0.250 e. The summed E-state index contributed by atoms with van der Waals surface area (Å²) in [5.74, 6) is 0.431. The lowest BCUT2D eigenvalue weighted by Crippen LogP contribution is -2.23. The highest BCUT2D eigenvalue weighted by atomic mass is 32.2. The summed E-state index contributed by atoms with van der Waals surface area (Å²) >= 11 is 1.55. The van der Waals surface area contributed by atoms with Gasteiger partial charge in [-0.05, 0) is 25.0 Å². The van der Waals surface area contributed by atoms with Crippen LogP contribution in [0, 0.1) is 0 Å². The summed E-state index contributed by atoms with van der Waals surface area (Å²) in [5.41, 5.74) is 1.70. The second kappa shape index (κ2) is 7.65. The zero-order chi connectivity index (χ0) is 21.6. The molecule has 1 aromatic carbocycles. The van der Waals surface area contributed by atoms with E-state index in [4.69, 9.17) is 0 Å². The number of sulfone groups is 1. The first kappa shape index (κ1) is 20.0. The fraction of sp³-hybridized carbons (Fsp3) is 0.350. The molecule has 9 nitrogen and oxygen atoms in total. The molecule has 160 valence electrons. The average Bonchev–Trinajstić information content (AvgIpc) is 3.35. The van der Waals surface area contributed by atoms with Gasteiger partial charge in [0.05, 0.1) is 29.1 Å². The van der Waals surface area contributed by atoms with Gasteiger partial charge in [-0.15, -0.1) is 11.3 Å². The van der Waals surface area contributed by atoms with Gasteiger partial charge in [-0.1, -0.05) is 18.6 Å². The lowest BCUT2D eigenvalue weighted by atomic mass is 9.94. The van der Waals surface area contributed by atoms with E-state index in [1.165, 1.54) is 0 Å². The predicted molar refractivity (Wildman–Crippen MR) is 118 cm³/mol. The van der Waals surface area contributed by atoms with Crippen molar-refractivity contribution in [1.82, 2.24) is 24.5 Å². The number of nitrogens with zero attached hydrogens (tertiary/aromatic N) is 5. The molecular formula is C20H20N6O3S2. The number of carbonyl (C=O) groups is 1. The molecule has 1 fully saturated rings. The molecule has 1 saturated carbocycles. The maximum atomic E-state index is 12.5. The van der Waals surface area contributed by atoms with Crippen LogP contribution in [-0.4, -0.2) is 45.0 Å². The number of rotatable bonds is 5. The summed E-state index contributed by atoms with van der Waals surface area (Å²) in [5, 5.41) is 3.73. The Kier molecular flexibility index (Phi) is 4.94. The minimum absolute atomic E-state index is 0.119. The van der Waals surface area contributed by atoms with Gasteiger partial charge in [0.2, 0.25) is 9.84 Å². The molecule has 1 N–H and O–H groups in total. The Morgan fingerprint density at radius 3 is 2.81 bits per heavy atom. The second-order valence-electron chi connectivity index (χ2n) is 7.61. The van der Waals surface area contributed by atoms with Crippen molar-refractivity contribution in [2.45, 2.75) is 43.4 Å². The van der Waals surface area contributed by atoms with Gasteiger partial charge in [0.25, 0.3) is 5.16 Å². The average molecular weight is 457 g/mol. The van der Waals surface area contributed by atoms with Crippen LogP contribution in [0.2, 0.25) is 0 Å². The van der Waals surface area contributed by atoms with E-state index in [0.717, 1.165) is 34.3 Å². The van der Waals surface area contributed by atoms with Crippen molar-refractivity contribution in [3.05, 3.63) is 35.6 Å². The summed E-state index contributed by atoms with van der Waals surface area (Å²) in [7, 11) is -3.66. The molecule has 3 heterocycles. The zero-order valence-electron chi connectivity index (χ0n) is 16.8. The third-order valence-corrected chi connectivity index (χ3v) is 7.22. The number of fused-ring (bicyclic) bond motifs is 2. The first-order valence-electron chi connectivity index (χ1n) is 9.96. The molecule has 0 spiro atoms. The highest BCUT2D eigenvalue weighted by Gasteiger charge is 2.27. The number of thiazole rings is 1. The summed E-state index contributed by atoms with van der Waals surface area (Å²) in [6.07, 6.45) is 5.64. The Balaban J connectivity index is 1.55. The molecule has 5 rings (SSSR count). The van der Waals surface area contributed by atoms with Crippen molar-refractivity contribution in [3.63, 3.8) is 0 Å². The van der Waals surface area contributed by atoms with Gasteiger partial charge >= 0.3 is 0 Å². The van der Waals surface area contributed by atoms with Gasteiger partial charge in [-0.3, -0.25) is 4.79 Å². The van der Waals surface area contributed by atoms with Crippen LogP contribution in [0.15, 0.2) is 35.7 Å². The minimum atomic E-state index is -3.66. The number of imidazole rings is 1. The maximum absolute atomic E-state index is 12.5. The summed E-state index contributed by atoms with van der Waals surface area (Å²) in [4.78, 5) is 30.0. The van der Waals surface area contributed by atoms with Crippen LogP contribution in [0.5, 0.6) is 0 Å². The van der Waals surface area contributed by atoms with Crippen LogP contribution in [0.25, 0.3) is 21.4 Å². The highest BCUT2D eigenvalue weighted by Crippen LogP contribution is 2.30. The molecule has 0 bridgehead atoms. The molecule has 0 radical (unpaired) electrons. The summed E-state index contributed by atoms with van der Waals surface area (Å²) < 4.78 is 27.2. The van der Waals surface area contributed by atoms with Crippen LogP contribution in [0.1, 0.15) is 36.7 Å². The molecule has 31 heavy (non-hydrogen) atoms. The van der Waals surface area contributed by atoms with Crippen molar-refractivity contribution in [3.8, 4) is 0 Å². The molecule has 0 aliphatic heterocycles. The van der Waals surface area contributed by atoms with Crippen LogP contribution in [0.4, 0.5) is 5.82 Å². The Morgan fingerprint density at radius 1 is 1.19 bits per heavy atom. The smallest absolute Gasteiger partial charge is 0.250 e. The van der Waals surface area contributed by atoms with E-state index >= 15 is 0 Å². The number of nitrogens with one attached hydrogen (secondary N) is 1. The van der Waals surface area contributed by atoms with E-state index in [-0.39, 0.29) is 17.0 Å². The number of carbonyl (C=O) groups excluding carboxylic acids is 1. The summed E-state index contributed by atoms with van der Waals surface area (Å²) in [6.45, 7) is 0.365. The SMILES string of the molecule is CS(=O)(=O)c1nc(NCc2nc3ccccc3s2)c2ncn(C3CCCCC3=O)c2n1. The molecule has 1 aliphatic carbocycles. The fourth-order valence-corrected chi connectivity index (χ4v) is 5.24. The number of anilines is 1. The molecule has 1 atom stereocenters. The molecule has 0 saturated heterocycles. The van der Waals surface area contributed by atoms with Crippen LogP contribution < -0.4 is 5.32 Å². The highest BCUT2D eigenvalue weighted by molar-refractivity contribution is 7.90. The largest absolute Gasteiger partial charge is 0.362 e. The first-order valence-corrected chi connectivity index (χ1v) is 12.7. The van der Waals surface area contributed by atoms with Crippen molar-refractivity contribution < 1.29 is 13.2 Å². The molecule has 3 aromatic heterocycles. The lowest BCUT2D eigenvalue weighted by molar-refractivity contribution is -0.123. The number of benzene rings is 1. The number of para-hydroxylation sites is 1. The Bertz CT molecular complexity index is 1380. The molecule has 4 aromatic rings. The Hall–Kier alpha value is -2.92. The van der Waals surface area contributed by atoms with E-state index in [9.17, 15) is 13.2 Å². The number of aromatic nitrogens is 5.